The van der Waals surface area contributed by atoms with Gasteiger partial charge in [0.25, 0.3) is 0 Å². The summed E-state index contributed by atoms with van der Waals surface area (Å²) < 4.78 is 10.2. The predicted octanol–water partition coefficient (Wildman–Crippen LogP) is 1.29. The second kappa shape index (κ2) is 5.52. The number of nitrogens with two attached hydrogens (primary N) is 1. The van der Waals surface area contributed by atoms with E-state index in [1.165, 1.54) is 0 Å². The third kappa shape index (κ3) is 6.28. The highest BCUT2D eigenvalue weighted by Crippen LogP contribution is 2.04. The van der Waals surface area contributed by atoms with Crippen LogP contribution in [0.5, 0.6) is 0 Å². The predicted molar refractivity (Wildman–Crippen MR) is 44.8 cm³/mol. The van der Waals surface area contributed by atoms with Crippen LogP contribution in [0.3, 0.4) is 0 Å². The summed E-state index contributed by atoms with van der Waals surface area (Å²) in [6.07, 6.45) is 2.07. The average molecular weight is 160 g/mol. The van der Waals surface area contributed by atoms with Crippen LogP contribution in [0.4, 0.5) is 0 Å². The molecule has 0 amide bonds. The van der Waals surface area contributed by atoms with Gasteiger partial charge in [0, 0.05) is 13.5 Å². The molecule has 0 aliphatic rings. The maximum Gasteiger partial charge on any atom is 0.225 e. The Hall–Kier alpha value is -0.120. The van der Waals surface area contributed by atoms with Gasteiger partial charge in [-0.05, 0) is 13.3 Å². The second-order valence-electron chi connectivity index (χ2n) is 2.45. The zero-order valence-electron chi connectivity index (χ0n) is 7.43. The van der Waals surface area contributed by atoms with Crippen LogP contribution in [0.25, 0.3) is 0 Å². The van der Waals surface area contributed by atoms with Crippen molar-refractivity contribution in [1.29, 1.82) is 0 Å². The van der Waals surface area contributed by atoms with Crippen LogP contribution in [-0.2, 0) is 9.47 Å². The van der Waals surface area contributed by atoms with Crippen LogP contribution in [0.15, 0.2) is 0 Å². The third-order valence-corrected chi connectivity index (χ3v) is 1.23. The Morgan fingerprint density at radius 2 is 2.00 bits per heavy atom. The van der Waals surface area contributed by atoms with Crippen LogP contribution in [0.1, 0.15) is 26.7 Å². The smallest absolute Gasteiger partial charge is 0.225 e. The van der Waals surface area contributed by atoms with Gasteiger partial charge in [-0.3, -0.25) is 5.73 Å². The molecular formula is C8H18NO2. The summed E-state index contributed by atoms with van der Waals surface area (Å²) in [6, 6.07) is 0. The van der Waals surface area contributed by atoms with Crippen LogP contribution in [0, 0.1) is 6.92 Å². The largest absolute Gasteiger partial charge is 0.338 e. The van der Waals surface area contributed by atoms with Crippen LogP contribution in [-0.4, -0.2) is 19.1 Å². The lowest BCUT2D eigenvalue weighted by molar-refractivity contribution is -0.200. The molecule has 11 heavy (non-hydrogen) atoms. The molecule has 0 aliphatic carbocycles. The Labute approximate surface area is 68.9 Å². The monoisotopic (exact) mass is 160 g/mol. The number of ether oxygens (including phenoxy) is 2. The van der Waals surface area contributed by atoms with Gasteiger partial charge in [0.2, 0.25) is 5.91 Å². The first-order chi connectivity index (χ1) is 5.12. The molecule has 1 unspecified atom stereocenters. The fourth-order valence-electron chi connectivity index (χ4n) is 0.675. The number of hydrogen-bond donors (Lipinski definition) is 1. The number of unbranched alkanes of at least 4 members (excludes halogenated alkanes) is 1. The maximum atomic E-state index is 5.51. The van der Waals surface area contributed by atoms with Crippen molar-refractivity contribution in [2.45, 2.75) is 32.6 Å². The summed E-state index contributed by atoms with van der Waals surface area (Å²) in [5.41, 5.74) is 5.51. The van der Waals surface area contributed by atoms with E-state index in [1.807, 2.05) is 6.92 Å². The minimum atomic E-state index is -1.15. The highest BCUT2D eigenvalue weighted by atomic mass is 16.7. The van der Waals surface area contributed by atoms with E-state index < -0.39 is 5.91 Å². The minimum absolute atomic E-state index is 0.520. The van der Waals surface area contributed by atoms with E-state index in [9.17, 15) is 0 Å². The van der Waals surface area contributed by atoms with Crippen molar-refractivity contribution in [1.82, 2.24) is 0 Å². The third-order valence-electron chi connectivity index (χ3n) is 1.23. The molecule has 0 saturated heterocycles. The molecule has 0 aromatic heterocycles. The summed E-state index contributed by atoms with van der Waals surface area (Å²) in [7, 11) is 0. The molecule has 1 atom stereocenters. The van der Waals surface area contributed by atoms with Gasteiger partial charge in [-0.15, -0.1) is 0 Å². The Bertz CT molecular complexity index is 94.1. The lowest BCUT2D eigenvalue weighted by Crippen LogP contribution is -2.42. The van der Waals surface area contributed by atoms with E-state index >= 15 is 0 Å². The zero-order valence-corrected chi connectivity index (χ0v) is 7.43. The van der Waals surface area contributed by atoms with Crippen molar-refractivity contribution in [2.24, 2.45) is 5.73 Å². The molecule has 0 rings (SSSR count). The maximum absolute atomic E-state index is 5.51. The molecule has 0 aromatic carbocycles. The SMILES string of the molecule is [CH2]C(N)(OCC)OCCCC. The number of rotatable bonds is 6. The molecule has 0 fully saturated rings. The first-order valence-electron chi connectivity index (χ1n) is 4.04. The van der Waals surface area contributed by atoms with E-state index in [0.717, 1.165) is 12.8 Å². The van der Waals surface area contributed by atoms with Gasteiger partial charge in [0.05, 0.1) is 6.61 Å². The van der Waals surface area contributed by atoms with E-state index in [1.54, 1.807) is 0 Å². The van der Waals surface area contributed by atoms with Gasteiger partial charge >= 0.3 is 0 Å². The molecule has 1 radical (unpaired) electrons. The number of hydrogen-bond acceptors (Lipinski definition) is 3. The van der Waals surface area contributed by atoms with Crippen molar-refractivity contribution in [3.63, 3.8) is 0 Å². The fraction of sp³-hybridized carbons (Fsp3) is 0.875. The molecule has 0 saturated carbocycles. The average Bonchev–Trinajstić information content (AvgIpc) is 1.87. The molecule has 0 aliphatic heterocycles. The summed E-state index contributed by atoms with van der Waals surface area (Å²) in [5, 5.41) is 0. The van der Waals surface area contributed by atoms with Gasteiger partial charge in [0.15, 0.2) is 0 Å². The van der Waals surface area contributed by atoms with E-state index in [0.29, 0.717) is 13.2 Å². The van der Waals surface area contributed by atoms with E-state index in [-0.39, 0.29) is 0 Å². The minimum Gasteiger partial charge on any atom is -0.338 e. The van der Waals surface area contributed by atoms with Crippen LogP contribution < -0.4 is 5.73 Å². The second-order valence-corrected chi connectivity index (χ2v) is 2.45. The molecule has 3 nitrogen and oxygen atoms in total. The van der Waals surface area contributed by atoms with Gasteiger partial charge < -0.3 is 9.47 Å². The zero-order chi connectivity index (χ0) is 8.74. The molecule has 0 spiro atoms. The highest BCUT2D eigenvalue weighted by Gasteiger charge is 2.17. The van der Waals surface area contributed by atoms with Crippen LogP contribution >= 0.6 is 0 Å². The van der Waals surface area contributed by atoms with Gasteiger partial charge in [-0.1, -0.05) is 13.3 Å². The fourth-order valence-corrected chi connectivity index (χ4v) is 0.675. The lowest BCUT2D eigenvalue weighted by atomic mass is 10.4. The van der Waals surface area contributed by atoms with Gasteiger partial charge in [-0.25, -0.2) is 0 Å². The molecule has 0 heterocycles. The Morgan fingerprint density at radius 3 is 2.45 bits per heavy atom. The van der Waals surface area contributed by atoms with E-state index in [4.69, 9.17) is 15.2 Å². The van der Waals surface area contributed by atoms with Gasteiger partial charge in [0.1, 0.15) is 0 Å². The molecule has 0 bridgehead atoms. The Kier molecular flexibility index (Phi) is 5.46. The molecule has 67 valence electrons. The van der Waals surface area contributed by atoms with Crippen molar-refractivity contribution in [3.8, 4) is 0 Å². The quantitative estimate of drug-likeness (QED) is 0.470. The van der Waals surface area contributed by atoms with Crippen molar-refractivity contribution >= 4 is 0 Å². The van der Waals surface area contributed by atoms with Crippen molar-refractivity contribution in [3.05, 3.63) is 6.92 Å². The van der Waals surface area contributed by atoms with Gasteiger partial charge in [-0.2, -0.15) is 0 Å². The normalized spacial score (nSPS) is 16.4. The topological polar surface area (TPSA) is 44.5 Å². The highest BCUT2D eigenvalue weighted by molar-refractivity contribution is 4.62. The first kappa shape index (κ1) is 10.9. The summed E-state index contributed by atoms with van der Waals surface area (Å²) in [4.78, 5) is 0. The van der Waals surface area contributed by atoms with Crippen LogP contribution in [0.2, 0.25) is 0 Å². The molecule has 0 aromatic rings. The van der Waals surface area contributed by atoms with Crippen molar-refractivity contribution < 1.29 is 9.47 Å². The molecule has 3 heteroatoms. The summed E-state index contributed by atoms with van der Waals surface area (Å²) >= 11 is 0. The Morgan fingerprint density at radius 1 is 1.36 bits per heavy atom. The summed E-state index contributed by atoms with van der Waals surface area (Å²) in [5.74, 6) is -1.15. The molecule has 2 N–H and O–H groups in total. The van der Waals surface area contributed by atoms with E-state index in [2.05, 4.69) is 13.8 Å². The lowest BCUT2D eigenvalue weighted by Gasteiger charge is -2.24. The molecular weight excluding hydrogens is 142 g/mol. The standard InChI is InChI=1S/C8H18NO2/c1-4-6-7-11-8(3,9)10-5-2/h3-7,9H2,1-2H3. The van der Waals surface area contributed by atoms with Crippen molar-refractivity contribution in [2.75, 3.05) is 13.2 Å². The summed E-state index contributed by atoms with van der Waals surface area (Å²) in [6.45, 7) is 8.64. The Balaban J connectivity index is 3.38. The first-order valence-corrected chi connectivity index (χ1v) is 4.04.